The number of carbonyl (C=O) groups is 1. The summed E-state index contributed by atoms with van der Waals surface area (Å²) in [5, 5.41) is 2.86. The number of likely N-dealkylation sites (N-methyl/N-ethyl adjacent to an activating group) is 1. The summed E-state index contributed by atoms with van der Waals surface area (Å²) in [5.74, 6) is -0.655. The molecule has 1 spiro atoms. The number of amides is 1. The van der Waals surface area contributed by atoms with Crippen molar-refractivity contribution in [2.75, 3.05) is 33.2 Å². The number of carbonyl (C=O) groups excluding carboxylic acids is 1. The van der Waals surface area contributed by atoms with Gasteiger partial charge in [-0.05, 0) is 43.7 Å². The molecule has 2 saturated heterocycles. The Bertz CT molecular complexity index is 679. The highest BCUT2D eigenvalue weighted by Crippen LogP contribution is 2.35. The van der Waals surface area contributed by atoms with Gasteiger partial charge < -0.3 is 5.32 Å². The van der Waals surface area contributed by atoms with E-state index in [0.717, 1.165) is 24.6 Å². The molecule has 1 aromatic rings. The largest absolute Gasteiger partial charge is 0.416 e. The minimum atomic E-state index is -4.51. The van der Waals surface area contributed by atoms with Crippen molar-refractivity contribution in [2.24, 2.45) is 0 Å². The monoisotopic (exact) mass is 373 g/mol. The maximum Gasteiger partial charge on any atom is 0.416 e. The van der Waals surface area contributed by atoms with Crippen LogP contribution in [0.1, 0.15) is 30.4 Å². The maximum atomic E-state index is 13.6. The summed E-state index contributed by atoms with van der Waals surface area (Å²) < 4.78 is 53.3. The second kappa shape index (κ2) is 7.15. The Kier molecular flexibility index (Phi) is 5.25. The van der Waals surface area contributed by atoms with Crippen LogP contribution < -0.4 is 5.32 Å². The van der Waals surface area contributed by atoms with E-state index >= 15 is 0 Å². The molecule has 3 rings (SSSR count). The summed E-state index contributed by atoms with van der Waals surface area (Å²) in [4.78, 5) is 15.8. The van der Waals surface area contributed by atoms with Crippen molar-refractivity contribution >= 4 is 5.91 Å². The minimum absolute atomic E-state index is 0.0110. The normalized spacial score (nSPS) is 26.0. The number of piperazine rings is 1. The number of halogens is 4. The summed E-state index contributed by atoms with van der Waals surface area (Å²) in [7, 11) is 2.00. The fourth-order valence-electron chi connectivity index (χ4n) is 4.02. The summed E-state index contributed by atoms with van der Waals surface area (Å²) in [6.07, 6.45) is -2.68. The molecule has 2 heterocycles. The molecule has 1 aromatic carbocycles. The summed E-state index contributed by atoms with van der Waals surface area (Å²) >= 11 is 0. The third-order valence-corrected chi connectivity index (χ3v) is 5.58. The molecule has 0 radical (unpaired) electrons. The Balaban J connectivity index is 1.81. The topological polar surface area (TPSA) is 35.6 Å². The number of hydrogen-bond donors (Lipinski definition) is 1. The lowest BCUT2D eigenvalue weighted by Gasteiger charge is -2.49. The van der Waals surface area contributed by atoms with Gasteiger partial charge in [0.1, 0.15) is 5.82 Å². The number of alkyl halides is 3. The van der Waals surface area contributed by atoms with E-state index in [9.17, 15) is 22.4 Å². The Hall–Kier alpha value is -1.67. The molecule has 0 aliphatic carbocycles. The molecule has 1 amide bonds. The summed E-state index contributed by atoms with van der Waals surface area (Å²) in [6, 6.07) is 2.64. The van der Waals surface area contributed by atoms with E-state index in [1.165, 1.54) is 0 Å². The van der Waals surface area contributed by atoms with Crippen molar-refractivity contribution in [3.05, 3.63) is 35.1 Å². The van der Waals surface area contributed by atoms with E-state index in [4.69, 9.17) is 0 Å². The first-order valence-corrected chi connectivity index (χ1v) is 8.76. The molecule has 0 saturated carbocycles. The molecule has 0 unspecified atom stereocenters. The van der Waals surface area contributed by atoms with E-state index in [0.29, 0.717) is 39.0 Å². The molecule has 1 N–H and O–H groups in total. The number of nitrogens with one attached hydrogen (secondary N) is 1. The highest BCUT2D eigenvalue weighted by atomic mass is 19.4. The molecular formula is C18H23F4N3O. The van der Waals surface area contributed by atoms with Gasteiger partial charge in [-0.25, -0.2) is 4.39 Å². The van der Waals surface area contributed by atoms with Gasteiger partial charge in [0.15, 0.2) is 0 Å². The first-order valence-electron chi connectivity index (χ1n) is 8.76. The molecule has 2 aliphatic heterocycles. The first kappa shape index (κ1) is 19.1. The van der Waals surface area contributed by atoms with E-state index in [1.54, 1.807) is 0 Å². The quantitative estimate of drug-likeness (QED) is 0.810. The smallest absolute Gasteiger partial charge is 0.356 e. The third-order valence-electron chi connectivity index (χ3n) is 5.58. The van der Waals surface area contributed by atoms with Crippen LogP contribution in [-0.4, -0.2) is 54.5 Å². The van der Waals surface area contributed by atoms with Crippen LogP contribution in [-0.2, 0) is 17.5 Å². The molecule has 0 aromatic heterocycles. The maximum absolute atomic E-state index is 13.6. The van der Waals surface area contributed by atoms with Gasteiger partial charge in [-0.1, -0.05) is 0 Å². The zero-order chi connectivity index (χ0) is 18.9. The zero-order valence-electron chi connectivity index (χ0n) is 14.7. The molecule has 144 valence electrons. The fraction of sp³-hybridized carbons (Fsp3) is 0.611. The molecule has 0 bridgehead atoms. The van der Waals surface area contributed by atoms with Crippen molar-refractivity contribution in [3.8, 4) is 0 Å². The highest BCUT2D eigenvalue weighted by molar-refractivity contribution is 5.76. The number of rotatable bonds is 2. The van der Waals surface area contributed by atoms with Crippen molar-refractivity contribution in [1.29, 1.82) is 0 Å². The van der Waals surface area contributed by atoms with Crippen LogP contribution >= 0.6 is 0 Å². The van der Waals surface area contributed by atoms with E-state index in [1.807, 2.05) is 11.9 Å². The van der Waals surface area contributed by atoms with Crippen molar-refractivity contribution in [2.45, 2.75) is 37.5 Å². The van der Waals surface area contributed by atoms with E-state index in [-0.39, 0.29) is 23.6 Å². The Morgan fingerprint density at radius 2 is 2.00 bits per heavy atom. The van der Waals surface area contributed by atoms with Gasteiger partial charge in [-0.2, -0.15) is 13.2 Å². The minimum Gasteiger partial charge on any atom is -0.356 e. The van der Waals surface area contributed by atoms with Crippen molar-refractivity contribution < 1.29 is 22.4 Å². The second-order valence-electron chi connectivity index (χ2n) is 7.26. The predicted octanol–water partition coefficient (Wildman–Crippen LogP) is 2.63. The fourth-order valence-corrected chi connectivity index (χ4v) is 4.02. The van der Waals surface area contributed by atoms with Crippen LogP contribution in [0.15, 0.2) is 18.2 Å². The van der Waals surface area contributed by atoms with Crippen LogP contribution in [0.4, 0.5) is 17.6 Å². The van der Waals surface area contributed by atoms with Crippen molar-refractivity contribution in [1.82, 2.24) is 15.1 Å². The molecular weight excluding hydrogens is 350 g/mol. The van der Waals surface area contributed by atoms with Crippen molar-refractivity contribution in [3.63, 3.8) is 0 Å². The predicted molar refractivity (Wildman–Crippen MR) is 88.9 cm³/mol. The zero-order valence-corrected chi connectivity index (χ0v) is 14.7. The third kappa shape index (κ3) is 4.01. The average molecular weight is 373 g/mol. The van der Waals surface area contributed by atoms with Gasteiger partial charge in [0.2, 0.25) is 5.91 Å². The SMILES string of the molecule is CN1CCN(Cc2cc(F)ccc2C(F)(F)F)C[C@]12CCNC(=O)CC2. The molecule has 8 heteroatoms. The summed E-state index contributed by atoms with van der Waals surface area (Å²) in [5.41, 5.74) is -1.08. The van der Waals surface area contributed by atoms with Gasteiger partial charge in [0.05, 0.1) is 5.56 Å². The van der Waals surface area contributed by atoms with Gasteiger partial charge in [0, 0.05) is 44.7 Å². The van der Waals surface area contributed by atoms with Gasteiger partial charge in [-0.3, -0.25) is 14.6 Å². The molecule has 4 nitrogen and oxygen atoms in total. The van der Waals surface area contributed by atoms with E-state index < -0.39 is 17.6 Å². The summed E-state index contributed by atoms with van der Waals surface area (Å²) in [6.45, 7) is 2.47. The first-order chi connectivity index (χ1) is 12.2. The standard InChI is InChI=1S/C18H23F4N3O/c1-24-8-9-25(12-17(24)5-4-16(26)23-7-6-17)11-13-10-14(19)2-3-15(13)18(20,21)22/h2-3,10H,4-9,11-12H2,1H3,(H,23,26)/t17-/m0/s1. The van der Waals surface area contributed by atoms with Crippen LogP contribution in [0.3, 0.4) is 0 Å². The van der Waals surface area contributed by atoms with Gasteiger partial charge in [-0.15, -0.1) is 0 Å². The number of benzene rings is 1. The molecule has 2 aliphatic rings. The van der Waals surface area contributed by atoms with Crippen LogP contribution in [0.2, 0.25) is 0 Å². The Morgan fingerprint density at radius 1 is 1.23 bits per heavy atom. The second-order valence-corrected chi connectivity index (χ2v) is 7.26. The Labute approximate surface area is 150 Å². The van der Waals surface area contributed by atoms with Crippen LogP contribution in [0.25, 0.3) is 0 Å². The van der Waals surface area contributed by atoms with Crippen LogP contribution in [0.5, 0.6) is 0 Å². The Morgan fingerprint density at radius 3 is 2.73 bits per heavy atom. The molecule has 2 fully saturated rings. The van der Waals surface area contributed by atoms with Crippen LogP contribution in [0, 0.1) is 5.82 Å². The number of hydrogen-bond acceptors (Lipinski definition) is 3. The van der Waals surface area contributed by atoms with Gasteiger partial charge >= 0.3 is 6.18 Å². The lowest BCUT2D eigenvalue weighted by Crippen LogP contribution is -2.60. The highest BCUT2D eigenvalue weighted by Gasteiger charge is 2.41. The number of nitrogens with zero attached hydrogens (tertiary/aromatic N) is 2. The van der Waals surface area contributed by atoms with Gasteiger partial charge in [0.25, 0.3) is 0 Å². The lowest BCUT2D eigenvalue weighted by molar-refractivity contribution is -0.138. The molecule has 1 atom stereocenters. The molecule has 26 heavy (non-hydrogen) atoms. The lowest BCUT2D eigenvalue weighted by atomic mass is 9.86. The van der Waals surface area contributed by atoms with E-state index in [2.05, 4.69) is 10.2 Å². The average Bonchev–Trinajstić information content (AvgIpc) is 2.73.